The molecular weight excluding hydrogens is 152 g/mol. The summed E-state index contributed by atoms with van der Waals surface area (Å²) in [4.78, 5) is 0. The molecule has 0 atom stereocenters. The maximum Gasteiger partial charge on any atom is 0.0723 e. The van der Waals surface area contributed by atoms with E-state index in [1.165, 1.54) is 11.1 Å². The molecule has 0 fully saturated rings. The summed E-state index contributed by atoms with van der Waals surface area (Å²) in [6, 6.07) is 6.06. The third-order valence-corrected chi connectivity index (χ3v) is 2.30. The van der Waals surface area contributed by atoms with Crippen LogP contribution in [0.1, 0.15) is 16.7 Å². The second-order valence-corrected chi connectivity index (χ2v) is 3.02. The van der Waals surface area contributed by atoms with Gasteiger partial charge in [0.1, 0.15) is 0 Å². The molecule has 0 saturated heterocycles. The van der Waals surface area contributed by atoms with Gasteiger partial charge in [-0.1, -0.05) is 18.2 Å². The molecule has 1 aliphatic heterocycles. The predicted octanol–water partition coefficient (Wildman–Crippen LogP) is 1.25. The van der Waals surface area contributed by atoms with Gasteiger partial charge in [-0.15, -0.1) is 0 Å². The summed E-state index contributed by atoms with van der Waals surface area (Å²) in [5.41, 5.74) is 3.52. The van der Waals surface area contributed by atoms with Gasteiger partial charge in [0.25, 0.3) is 0 Å². The number of fused-ring (bicyclic) bond motifs is 1. The van der Waals surface area contributed by atoms with Gasteiger partial charge < -0.3 is 9.84 Å². The van der Waals surface area contributed by atoms with Crippen LogP contribution in [0.25, 0.3) is 0 Å². The number of hydrogen-bond donors (Lipinski definition) is 1. The van der Waals surface area contributed by atoms with Crippen molar-refractivity contribution in [1.29, 1.82) is 0 Å². The molecule has 0 spiro atoms. The molecule has 0 aromatic heterocycles. The zero-order valence-electron chi connectivity index (χ0n) is 6.92. The van der Waals surface area contributed by atoms with Crippen LogP contribution in [0.4, 0.5) is 0 Å². The Morgan fingerprint density at radius 2 is 2.33 bits per heavy atom. The Morgan fingerprint density at radius 1 is 1.42 bits per heavy atom. The average molecular weight is 164 g/mol. The van der Waals surface area contributed by atoms with Gasteiger partial charge in [0, 0.05) is 0 Å². The molecule has 12 heavy (non-hydrogen) atoms. The maximum absolute atomic E-state index is 9.04. The van der Waals surface area contributed by atoms with Crippen molar-refractivity contribution in [2.75, 3.05) is 6.61 Å². The van der Waals surface area contributed by atoms with Gasteiger partial charge in [-0.05, 0) is 23.1 Å². The first kappa shape index (κ1) is 7.77. The van der Waals surface area contributed by atoms with Crippen LogP contribution in [0.3, 0.4) is 0 Å². The number of rotatable bonds is 1. The van der Waals surface area contributed by atoms with E-state index in [1.54, 1.807) is 0 Å². The Morgan fingerprint density at radius 3 is 3.17 bits per heavy atom. The fourth-order valence-electron chi connectivity index (χ4n) is 1.61. The van der Waals surface area contributed by atoms with E-state index in [4.69, 9.17) is 9.84 Å². The van der Waals surface area contributed by atoms with E-state index in [0.29, 0.717) is 6.61 Å². The van der Waals surface area contributed by atoms with Gasteiger partial charge in [0.15, 0.2) is 0 Å². The van der Waals surface area contributed by atoms with Crippen molar-refractivity contribution < 1.29 is 9.84 Å². The van der Waals surface area contributed by atoms with Crippen LogP contribution < -0.4 is 0 Å². The first-order valence-corrected chi connectivity index (χ1v) is 4.20. The fourth-order valence-corrected chi connectivity index (χ4v) is 1.61. The Balaban J connectivity index is 2.44. The molecule has 2 heteroatoms. The van der Waals surface area contributed by atoms with E-state index in [0.717, 1.165) is 18.6 Å². The predicted molar refractivity (Wildman–Crippen MR) is 45.7 cm³/mol. The van der Waals surface area contributed by atoms with Gasteiger partial charge in [0.05, 0.1) is 19.8 Å². The Bertz CT molecular complexity index is 267. The minimum atomic E-state index is 0.118. The van der Waals surface area contributed by atoms with Crippen molar-refractivity contribution >= 4 is 0 Å². The minimum absolute atomic E-state index is 0.118. The topological polar surface area (TPSA) is 29.5 Å². The fraction of sp³-hybridized carbons (Fsp3) is 0.400. The summed E-state index contributed by atoms with van der Waals surface area (Å²) in [5, 5.41) is 9.04. The van der Waals surface area contributed by atoms with E-state index in [1.807, 2.05) is 12.1 Å². The van der Waals surface area contributed by atoms with Gasteiger partial charge >= 0.3 is 0 Å². The molecular formula is C10H12O2. The highest BCUT2D eigenvalue weighted by Crippen LogP contribution is 2.20. The van der Waals surface area contributed by atoms with Gasteiger partial charge in [-0.2, -0.15) is 0 Å². The highest BCUT2D eigenvalue weighted by Gasteiger charge is 2.11. The Labute approximate surface area is 71.8 Å². The van der Waals surface area contributed by atoms with Crippen molar-refractivity contribution in [2.45, 2.75) is 19.6 Å². The van der Waals surface area contributed by atoms with Crippen molar-refractivity contribution in [3.8, 4) is 0 Å². The molecule has 0 unspecified atom stereocenters. The quantitative estimate of drug-likeness (QED) is 0.677. The number of benzene rings is 1. The number of ether oxygens (including phenoxy) is 1. The lowest BCUT2D eigenvalue weighted by molar-refractivity contribution is 0.108. The molecule has 0 bridgehead atoms. The van der Waals surface area contributed by atoms with Gasteiger partial charge in [0.2, 0.25) is 0 Å². The van der Waals surface area contributed by atoms with Crippen LogP contribution >= 0.6 is 0 Å². The van der Waals surface area contributed by atoms with Crippen LogP contribution in [0.15, 0.2) is 18.2 Å². The van der Waals surface area contributed by atoms with E-state index < -0.39 is 0 Å². The Kier molecular flexibility index (Phi) is 2.11. The minimum Gasteiger partial charge on any atom is -0.392 e. The zero-order chi connectivity index (χ0) is 8.39. The maximum atomic E-state index is 9.04. The standard InChI is InChI=1S/C10H12O2/c11-6-9-3-1-2-8-4-5-12-7-10(8)9/h1-3,11H,4-7H2. The highest BCUT2D eigenvalue weighted by molar-refractivity contribution is 5.35. The molecule has 1 aromatic rings. The molecule has 0 saturated carbocycles. The normalized spacial score (nSPS) is 15.8. The molecule has 2 rings (SSSR count). The first-order valence-electron chi connectivity index (χ1n) is 4.20. The van der Waals surface area contributed by atoms with Gasteiger partial charge in [-0.3, -0.25) is 0 Å². The average Bonchev–Trinajstić information content (AvgIpc) is 2.17. The SMILES string of the molecule is OCc1cccc2c1COCC2. The summed E-state index contributed by atoms with van der Waals surface area (Å²) in [7, 11) is 0. The van der Waals surface area contributed by atoms with Crippen molar-refractivity contribution in [3.63, 3.8) is 0 Å². The zero-order valence-corrected chi connectivity index (χ0v) is 6.92. The van der Waals surface area contributed by atoms with Gasteiger partial charge in [-0.25, -0.2) is 0 Å². The lowest BCUT2D eigenvalue weighted by Gasteiger charge is -2.18. The molecule has 1 N–H and O–H groups in total. The van der Waals surface area contributed by atoms with Crippen LogP contribution in [0.2, 0.25) is 0 Å². The summed E-state index contributed by atoms with van der Waals surface area (Å²) in [6.07, 6.45) is 0.975. The smallest absolute Gasteiger partial charge is 0.0723 e. The lowest BCUT2D eigenvalue weighted by Crippen LogP contribution is -2.11. The molecule has 1 aromatic carbocycles. The van der Waals surface area contributed by atoms with Crippen LogP contribution in [0, 0.1) is 0 Å². The second kappa shape index (κ2) is 3.25. The van der Waals surface area contributed by atoms with Crippen LogP contribution in [-0.2, 0) is 24.4 Å². The molecule has 1 heterocycles. The molecule has 0 aliphatic carbocycles. The number of hydrogen-bond acceptors (Lipinski definition) is 2. The van der Waals surface area contributed by atoms with E-state index in [-0.39, 0.29) is 6.61 Å². The van der Waals surface area contributed by atoms with E-state index in [2.05, 4.69) is 6.07 Å². The van der Waals surface area contributed by atoms with Crippen LogP contribution in [-0.4, -0.2) is 11.7 Å². The second-order valence-electron chi connectivity index (χ2n) is 3.02. The molecule has 2 nitrogen and oxygen atoms in total. The van der Waals surface area contributed by atoms with Crippen molar-refractivity contribution in [3.05, 3.63) is 34.9 Å². The number of aliphatic hydroxyl groups is 1. The highest BCUT2D eigenvalue weighted by atomic mass is 16.5. The van der Waals surface area contributed by atoms with Crippen molar-refractivity contribution in [2.24, 2.45) is 0 Å². The Hall–Kier alpha value is -0.860. The molecule has 0 radical (unpaired) electrons. The third-order valence-electron chi connectivity index (χ3n) is 2.30. The van der Waals surface area contributed by atoms with E-state index >= 15 is 0 Å². The summed E-state index contributed by atoms with van der Waals surface area (Å²) in [5.74, 6) is 0. The van der Waals surface area contributed by atoms with Crippen molar-refractivity contribution in [1.82, 2.24) is 0 Å². The third kappa shape index (κ3) is 1.24. The summed E-state index contributed by atoms with van der Waals surface area (Å²) in [6.45, 7) is 1.58. The summed E-state index contributed by atoms with van der Waals surface area (Å²) >= 11 is 0. The molecule has 0 amide bonds. The first-order chi connectivity index (χ1) is 5.92. The molecule has 1 aliphatic rings. The number of aliphatic hydroxyl groups excluding tert-OH is 1. The summed E-state index contributed by atoms with van der Waals surface area (Å²) < 4.78 is 5.33. The monoisotopic (exact) mass is 164 g/mol. The lowest BCUT2D eigenvalue weighted by atomic mass is 9.98. The molecule has 64 valence electrons. The largest absolute Gasteiger partial charge is 0.392 e. The van der Waals surface area contributed by atoms with Crippen LogP contribution in [0.5, 0.6) is 0 Å². The van der Waals surface area contributed by atoms with E-state index in [9.17, 15) is 0 Å².